The highest BCUT2D eigenvalue weighted by Gasteiger charge is 2.22. The number of ether oxygens (including phenoxy) is 2. The van der Waals surface area contributed by atoms with Gasteiger partial charge in [0.05, 0.1) is 19.4 Å². The molecule has 0 saturated heterocycles. The van der Waals surface area contributed by atoms with Crippen LogP contribution in [-0.4, -0.2) is 59.6 Å². The third-order valence-corrected chi connectivity index (χ3v) is 2.68. The maximum atomic E-state index is 11.8. The number of hydrogen-bond acceptors (Lipinski definition) is 6. The van der Waals surface area contributed by atoms with E-state index in [9.17, 15) is 9.59 Å². The third-order valence-electron chi connectivity index (χ3n) is 2.68. The van der Waals surface area contributed by atoms with Crippen molar-refractivity contribution in [3.05, 3.63) is 11.4 Å². The summed E-state index contributed by atoms with van der Waals surface area (Å²) in [5.74, 6) is -0.726. The first-order chi connectivity index (χ1) is 9.04. The summed E-state index contributed by atoms with van der Waals surface area (Å²) >= 11 is 0. The van der Waals surface area contributed by atoms with Gasteiger partial charge in [0, 0.05) is 20.7 Å². The maximum Gasteiger partial charge on any atom is 0.360 e. The lowest BCUT2D eigenvalue weighted by atomic mass is 10.3. The molecule has 0 saturated carbocycles. The summed E-state index contributed by atoms with van der Waals surface area (Å²) < 4.78 is 11.0. The third kappa shape index (κ3) is 3.50. The number of carbonyl (C=O) groups excluding carboxylic acids is 2. The Morgan fingerprint density at radius 2 is 2.05 bits per heavy atom. The standard InChI is InChI=1S/C11H18N4O4/c1-5-14(2)9(16)6-15-8(7-18-3)10(12-13-15)11(17)19-4/h5-7H2,1-4H3. The molecule has 1 aromatic rings. The van der Waals surface area contributed by atoms with Gasteiger partial charge in [-0.15, -0.1) is 5.10 Å². The molecule has 0 aromatic carbocycles. The molecule has 1 rings (SSSR count). The number of aromatic nitrogens is 3. The van der Waals surface area contributed by atoms with Crippen LogP contribution in [-0.2, 0) is 27.4 Å². The van der Waals surface area contributed by atoms with Gasteiger partial charge < -0.3 is 14.4 Å². The van der Waals surface area contributed by atoms with Crippen LogP contribution in [0.25, 0.3) is 0 Å². The van der Waals surface area contributed by atoms with E-state index in [-0.39, 0.29) is 24.8 Å². The second kappa shape index (κ2) is 6.83. The van der Waals surface area contributed by atoms with Crippen molar-refractivity contribution < 1.29 is 19.1 Å². The number of amides is 1. The number of carbonyl (C=O) groups is 2. The molecule has 1 aromatic heterocycles. The van der Waals surface area contributed by atoms with E-state index in [1.165, 1.54) is 18.9 Å². The highest BCUT2D eigenvalue weighted by Crippen LogP contribution is 2.09. The number of esters is 1. The Bertz CT molecular complexity index is 458. The molecule has 0 spiro atoms. The van der Waals surface area contributed by atoms with Crippen LogP contribution in [0.2, 0.25) is 0 Å². The number of likely N-dealkylation sites (N-methyl/N-ethyl adjacent to an activating group) is 1. The van der Waals surface area contributed by atoms with Crippen molar-refractivity contribution in [3.63, 3.8) is 0 Å². The summed E-state index contributed by atoms with van der Waals surface area (Å²) in [6.07, 6.45) is 0. The molecule has 0 aliphatic rings. The Morgan fingerprint density at radius 3 is 2.58 bits per heavy atom. The Kier molecular flexibility index (Phi) is 5.43. The number of methoxy groups -OCH3 is 2. The minimum Gasteiger partial charge on any atom is -0.464 e. The summed E-state index contributed by atoms with van der Waals surface area (Å²) in [6.45, 7) is 2.60. The smallest absolute Gasteiger partial charge is 0.360 e. The molecule has 8 heteroatoms. The SMILES string of the molecule is CCN(C)C(=O)Cn1nnc(C(=O)OC)c1COC. The molecule has 106 valence electrons. The van der Waals surface area contributed by atoms with E-state index >= 15 is 0 Å². The van der Waals surface area contributed by atoms with E-state index in [4.69, 9.17) is 4.74 Å². The summed E-state index contributed by atoms with van der Waals surface area (Å²) in [4.78, 5) is 24.9. The van der Waals surface area contributed by atoms with Gasteiger partial charge >= 0.3 is 5.97 Å². The molecule has 0 unspecified atom stereocenters. The van der Waals surface area contributed by atoms with E-state index in [0.29, 0.717) is 12.2 Å². The lowest BCUT2D eigenvalue weighted by Gasteiger charge is -2.14. The van der Waals surface area contributed by atoms with Gasteiger partial charge in [-0.2, -0.15) is 0 Å². The number of rotatable bonds is 6. The van der Waals surface area contributed by atoms with Crippen molar-refractivity contribution in [1.82, 2.24) is 19.9 Å². The summed E-state index contributed by atoms with van der Waals surface area (Å²) in [6, 6.07) is 0. The van der Waals surface area contributed by atoms with E-state index in [0.717, 1.165) is 0 Å². The second-order valence-electron chi connectivity index (χ2n) is 3.87. The molecule has 0 aliphatic carbocycles. The van der Waals surface area contributed by atoms with Gasteiger partial charge in [-0.1, -0.05) is 5.21 Å². The zero-order chi connectivity index (χ0) is 14.4. The fourth-order valence-electron chi connectivity index (χ4n) is 1.42. The predicted molar refractivity (Wildman–Crippen MR) is 65.4 cm³/mol. The lowest BCUT2D eigenvalue weighted by Crippen LogP contribution is -2.31. The molecule has 19 heavy (non-hydrogen) atoms. The zero-order valence-electron chi connectivity index (χ0n) is 11.5. The zero-order valence-corrected chi connectivity index (χ0v) is 11.5. The first-order valence-corrected chi connectivity index (χ1v) is 5.78. The molecule has 0 atom stereocenters. The molecule has 8 nitrogen and oxygen atoms in total. The molecule has 0 fully saturated rings. The van der Waals surface area contributed by atoms with Crippen LogP contribution in [0.15, 0.2) is 0 Å². The Balaban J connectivity index is 2.98. The van der Waals surface area contributed by atoms with Gasteiger partial charge in [-0.25, -0.2) is 9.48 Å². The topological polar surface area (TPSA) is 86.6 Å². The fourth-order valence-corrected chi connectivity index (χ4v) is 1.42. The first kappa shape index (κ1) is 15.1. The fraction of sp³-hybridized carbons (Fsp3) is 0.636. The monoisotopic (exact) mass is 270 g/mol. The van der Waals surface area contributed by atoms with Gasteiger partial charge in [-0.3, -0.25) is 4.79 Å². The summed E-state index contributed by atoms with van der Waals surface area (Å²) in [7, 11) is 4.43. The van der Waals surface area contributed by atoms with E-state index < -0.39 is 5.97 Å². The van der Waals surface area contributed by atoms with Crippen LogP contribution < -0.4 is 0 Å². The minimum absolute atomic E-state index is 0.00697. The van der Waals surface area contributed by atoms with Crippen molar-refractivity contribution in [3.8, 4) is 0 Å². The van der Waals surface area contributed by atoms with Crippen LogP contribution in [0.3, 0.4) is 0 Å². The molecule has 0 aliphatic heterocycles. The summed E-state index contributed by atoms with van der Waals surface area (Å²) in [5, 5.41) is 7.53. The quantitative estimate of drug-likeness (QED) is 0.659. The summed E-state index contributed by atoms with van der Waals surface area (Å²) in [5.41, 5.74) is 0.489. The number of hydrogen-bond donors (Lipinski definition) is 0. The van der Waals surface area contributed by atoms with Crippen LogP contribution in [0.1, 0.15) is 23.1 Å². The number of nitrogens with zero attached hydrogens (tertiary/aromatic N) is 4. The van der Waals surface area contributed by atoms with Crippen molar-refractivity contribution in [2.24, 2.45) is 0 Å². The van der Waals surface area contributed by atoms with Crippen LogP contribution in [0, 0.1) is 0 Å². The van der Waals surface area contributed by atoms with Crippen molar-refractivity contribution in [2.45, 2.75) is 20.1 Å². The van der Waals surface area contributed by atoms with Crippen molar-refractivity contribution in [1.29, 1.82) is 0 Å². The molecule has 1 heterocycles. The predicted octanol–water partition coefficient (Wildman–Crippen LogP) is -0.311. The van der Waals surface area contributed by atoms with Crippen LogP contribution >= 0.6 is 0 Å². The van der Waals surface area contributed by atoms with Crippen LogP contribution in [0.4, 0.5) is 0 Å². The molecule has 1 amide bonds. The van der Waals surface area contributed by atoms with E-state index in [2.05, 4.69) is 15.0 Å². The van der Waals surface area contributed by atoms with Crippen molar-refractivity contribution >= 4 is 11.9 Å². The van der Waals surface area contributed by atoms with Gasteiger partial charge in [0.15, 0.2) is 5.69 Å². The maximum absolute atomic E-state index is 11.8. The lowest BCUT2D eigenvalue weighted by molar-refractivity contribution is -0.130. The molecule has 0 bridgehead atoms. The largest absolute Gasteiger partial charge is 0.464 e. The van der Waals surface area contributed by atoms with E-state index in [1.807, 2.05) is 6.92 Å². The molecular weight excluding hydrogens is 252 g/mol. The molecule has 0 radical (unpaired) electrons. The Morgan fingerprint density at radius 1 is 1.37 bits per heavy atom. The average molecular weight is 270 g/mol. The Hall–Kier alpha value is -1.96. The van der Waals surface area contributed by atoms with Gasteiger partial charge in [0.25, 0.3) is 0 Å². The minimum atomic E-state index is -0.602. The Labute approximate surface area is 111 Å². The molecule has 0 N–H and O–H groups in total. The van der Waals surface area contributed by atoms with Crippen molar-refractivity contribution in [2.75, 3.05) is 27.8 Å². The van der Waals surface area contributed by atoms with Gasteiger partial charge in [-0.05, 0) is 6.92 Å². The van der Waals surface area contributed by atoms with Crippen LogP contribution in [0.5, 0.6) is 0 Å². The second-order valence-corrected chi connectivity index (χ2v) is 3.87. The highest BCUT2D eigenvalue weighted by atomic mass is 16.5. The highest BCUT2D eigenvalue weighted by molar-refractivity contribution is 5.88. The van der Waals surface area contributed by atoms with E-state index in [1.54, 1.807) is 11.9 Å². The normalized spacial score (nSPS) is 10.3. The first-order valence-electron chi connectivity index (χ1n) is 5.78. The molecular formula is C11H18N4O4. The average Bonchev–Trinajstić information content (AvgIpc) is 2.80. The van der Waals surface area contributed by atoms with Gasteiger partial charge in [0.2, 0.25) is 5.91 Å². The van der Waals surface area contributed by atoms with Gasteiger partial charge in [0.1, 0.15) is 6.54 Å².